The molecule has 1 amide bonds. The first-order valence-corrected chi connectivity index (χ1v) is 9.52. The van der Waals surface area contributed by atoms with Gasteiger partial charge in [-0.15, -0.1) is 0 Å². The van der Waals surface area contributed by atoms with Gasteiger partial charge in [-0.25, -0.2) is 8.42 Å². The third-order valence-electron chi connectivity index (χ3n) is 3.99. The zero-order chi connectivity index (χ0) is 18.7. The predicted octanol–water partition coefficient (Wildman–Crippen LogP) is 1.62. The average Bonchev–Trinajstić information content (AvgIpc) is 3.21. The molecule has 2 aromatic heterocycles. The third kappa shape index (κ3) is 3.83. The first-order valence-electron chi connectivity index (χ1n) is 7.86. The van der Waals surface area contributed by atoms with Crippen LogP contribution in [0.3, 0.4) is 0 Å². The van der Waals surface area contributed by atoms with Gasteiger partial charge in [0.15, 0.2) is 15.7 Å². The summed E-state index contributed by atoms with van der Waals surface area (Å²) in [7, 11) is -1.70. The number of carbonyl (C=O) groups is 1. The number of hydrogen-bond donors (Lipinski definition) is 1. The highest BCUT2D eigenvalue weighted by Gasteiger charge is 2.21. The minimum absolute atomic E-state index is 0.0614. The third-order valence-corrected chi connectivity index (χ3v) is 5.62. The zero-order valence-electron chi connectivity index (χ0n) is 14.3. The Morgan fingerprint density at radius 1 is 1.19 bits per heavy atom. The summed E-state index contributed by atoms with van der Waals surface area (Å²) in [4.78, 5) is 16.2. The van der Waals surface area contributed by atoms with Crippen LogP contribution < -0.4 is 5.32 Å². The van der Waals surface area contributed by atoms with Crippen LogP contribution in [0, 0.1) is 6.92 Å². The van der Waals surface area contributed by atoms with Gasteiger partial charge in [-0.3, -0.25) is 4.79 Å². The van der Waals surface area contributed by atoms with Crippen LogP contribution in [-0.4, -0.2) is 29.0 Å². The van der Waals surface area contributed by atoms with Crippen LogP contribution in [0.5, 0.6) is 0 Å². The Bertz CT molecular complexity index is 1020. The summed E-state index contributed by atoms with van der Waals surface area (Å²) in [5.74, 6) is -1.33. The van der Waals surface area contributed by atoms with Gasteiger partial charge in [0.2, 0.25) is 0 Å². The number of rotatable bonds is 6. The highest BCUT2D eigenvalue weighted by Crippen LogP contribution is 2.14. The Morgan fingerprint density at radius 2 is 1.92 bits per heavy atom. The number of aryl methyl sites for hydroxylation is 1. The van der Waals surface area contributed by atoms with E-state index in [1.54, 1.807) is 18.2 Å². The second kappa shape index (κ2) is 7.12. The van der Waals surface area contributed by atoms with Gasteiger partial charge in [0.25, 0.3) is 0 Å². The maximum Gasteiger partial charge on any atom is 0.315 e. The molecule has 0 unspecified atom stereocenters. The van der Waals surface area contributed by atoms with Crippen LogP contribution in [0.2, 0.25) is 0 Å². The van der Waals surface area contributed by atoms with Crippen molar-refractivity contribution in [3.63, 3.8) is 0 Å². The monoisotopic (exact) mass is 374 g/mol. The van der Waals surface area contributed by atoms with Gasteiger partial charge in [-0.05, 0) is 31.2 Å². The van der Waals surface area contributed by atoms with Gasteiger partial charge in [-0.1, -0.05) is 23.4 Å². The molecule has 0 aliphatic heterocycles. The van der Waals surface area contributed by atoms with E-state index in [4.69, 9.17) is 4.52 Å². The molecule has 1 aromatic carbocycles. The van der Waals surface area contributed by atoms with Crippen molar-refractivity contribution in [2.45, 2.75) is 24.1 Å². The number of nitrogens with one attached hydrogen (secondary N) is 1. The van der Waals surface area contributed by atoms with Gasteiger partial charge in [-0.2, -0.15) is 4.98 Å². The van der Waals surface area contributed by atoms with Crippen molar-refractivity contribution in [2.24, 2.45) is 7.05 Å². The Hall–Kier alpha value is -2.94. The number of carbonyl (C=O) groups excluding carboxylic acids is 1. The summed E-state index contributed by atoms with van der Waals surface area (Å²) >= 11 is 0. The molecule has 0 atom stereocenters. The van der Waals surface area contributed by atoms with Gasteiger partial charge in [0.05, 0.1) is 11.4 Å². The van der Waals surface area contributed by atoms with Crippen molar-refractivity contribution in [2.75, 3.05) is 0 Å². The van der Waals surface area contributed by atoms with Gasteiger partial charge >= 0.3 is 11.8 Å². The van der Waals surface area contributed by atoms with Crippen molar-refractivity contribution in [1.82, 2.24) is 20.0 Å². The number of hydrogen-bond acceptors (Lipinski definition) is 6. The predicted molar refractivity (Wildman–Crippen MR) is 93.0 cm³/mol. The van der Waals surface area contributed by atoms with Crippen LogP contribution in [0.25, 0.3) is 0 Å². The van der Waals surface area contributed by atoms with Gasteiger partial charge < -0.3 is 14.4 Å². The van der Waals surface area contributed by atoms with E-state index in [2.05, 4.69) is 15.5 Å². The Labute approximate surface area is 150 Å². The molecule has 9 heteroatoms. The first-order chi connectivity index (χ1) is 12.4. The van der Waals surface area contributed by atoms with E-state index >= 15 is 0 Å². The summed E-state index contributed by atoms with van der Waals surface area (Å²) in [6.07, 6.45) is 0. The van der Waals surface area contributed by atoms with Gasteiger partial charge in [0.1, 0.15) is 5.75 Å². The summed E-state index contributed by atoms with van der Waals surface area (Å²) in [5, 5.41) is 6.27. The Morgan fingerprint density at radius 3 is 2.58 bits per heavy atom. The van der Waals surface area contributed by atoms with E-state index in [0.29, 0.717) is 6.54 Å². The van der Waals surface area contributed by atoms with Crippen molar-refractivity contribution in [3.05, 3.63) is 65.6 Å². The SMILES string of the molecule is Cc1ccc(CNC(=O)c2nc(CS(=O)(=O)c3ccccc3)no2)n1C. The normalized spacial score (nSPS) is 11.5. The number of amides is 1. The number of nitrogens with zero attached hydrogens (tertiary/aromatic N) is 3. The van der Waals surface area contributed by atoms with Crippen LogP contribution in [0.1, 0.15) is 27.9 Å². The lowest BCUT2D eigenvalue weighted by molar-refractivity contribution is 0.0906. The van der Waals surface area contributed by atoms with E-state index in [9.17, 15) is 13.2 Å². The van der Waals surface area contributed by atoms with Crippen molar-refractivity contribution < 1.29 is 17.7 Å². The fourth-order valence-corrected chi connectivity index (χ4v) is 3.57. The molecule has 0 radical (unpaired) electrons. The number of sulfone groups is 1. The lowest BCUT2D eigenvalue weighted by Gasteiger charge is -2.05. The number of aromatic nitrogens is 3. The Kier molecular flexibility index (Phi) is 4.90. The van der Waals surface area contributed by atoms with Crippen LogP contribution >= 0.6 is 0 Å². The van der Waals surface area contributed by atoms with E-state index < -0.39 is 21.5 Å². The molecule has 3 aromatic rings. The molecule has 1 N–H and O–H groups in total. The van der Waals surface area contributed by atoms with E-state index in [1.807, 2.05) is 30.7 Å². The smallest absolute Gasteiger partial charge is 0.315 e. The zero-order valence-corrected chi connectivity index (χ0v) is 15.2. The van der Waals surface area contributed by atoms with Crippen LogP contribution in [0.15, 0.2) is 51.9 Å². The maximum atomic E-state index is 12.3. The lowest BCUT2D eigenvalue weighted by atomic mass is 10.4. The van der Waals surface area contributed by atoms with E-state index in [1.165, 1.54) is 12.1 Å². The molecular weight excluding hydrogens is 356 g/mol. The molecule has 0 saturated carbocycles. The molecule has 0 bridgehead atoms. The van der Waals surface area contributed by atoms with E-state index in [0.717, 1.165) is 11.4 Å². The molecule has 26 heavy (non-hydrogen) atoms. The maximum absolute atomic E-state index is 12.3. The second-order valence-corrected chi connectivity index (χ2v) is 7.79. The Balaban J connectivity index is 1.66. The largest absolute Gasteiger partial charge is 0.350 e. The minimum Gasteiger partial charge on any atom is -0.350 e. The van der Waals surface area contributed by atoms with E-state index in [-0.39, 0.29) is 16.6 Å². The lowest BCUT2D eigenvalue weighted by Crippen LogP contribution is -2.24. The molecule has 0 saturated heterocycles. The fraction of sp³-hybridized carbons (Fsp3) is 0.235. The first kappa shape index (κ1) is 17.9. The van der Waals surface area contributed by atoms with Crippen molar-refractivity contribution in [3.8, 4) is 0 Å². The highest BCUT2D eigenvalue weighted by molar-refractivity contribution is 7.90. The topological polar surface area (TPSA) is 107 Å². The van der Waals surface area contributed by atoms with Crippen molar-refractivity contribution in [1.29, 1.82) is 0 Å². The second-order valence-electron chi connectivity index (χ2n) is 5.80. The average molecular weight is 374 g/mol. The molecule has 0 spiro atoms. The molecule has 2 heterocycles. The number of benzene rings is 1. The molecular formula is C17H18N4O4S. The van der Waals surface area contributed by atoms with Crippen LogP contribution in [0.4, 0.5) is 0 Å². The molecule has 8 nitrogen and oxygen atoms in total. The summed E-state index contributed by atoms with van der Waals surface area (Å²) in [5.41, 5.74) is 1.99. The minimum atomic E-state index is -3.60. The molecule has 136 valence electrons. The standard InChI is InChI=1S/C17H18N4O4S/c1-12-8-9-13(21(12)2)10-18-16(22)17-19-15(20-25-17)11-26(23,24)14-6-4-3-5-7-14/h3-9H,10-11H2,1-2H3,(H,18,22). The summed E-state index contributed by atoms with van der Waals surface area (Å²) < 4.78 is 31.5. The quantitative estimate of drug-likeness (QED) is 0.703. The molecule has 0 aliphatic carbocycles. The fourth-order valence-electron chi connectivity index (χ4n) is 2.38. The van der Waals surface area contributed by atoms with Crippen molar-refractivity contribution >= 4 is 15.7 Å². The molecule has 3 rings (SSSR count). The summed E-state index contributed by atoms with van der Waals surface area (Å²) in [6, 6.07) is 11.8. The summed E-state index contributed by atoms with van der Waals surface area (Å²) in [6.45, 7) is 2.26. The van der Waals surface area contributed by atoms with Gasteiger partial charge in [0, 0.05) is 18.4 Å². The van der Waals surface area contributed by atoms with Crippen LogP contribution in [-0.2, 0) is 29.2 Å². The molecule has 0 fully saturated rings. The highest BCUT2D eigenvalue weighted by atomic mass is 32.2. The molecule has 0 aliphatic rings.